The second-order valence-corrected chi connectivity index (χ2v) is 10.2. The normalized spacial score (nSPS) is 12.2. The molecule has 32 heavy (non-hydrogen) atoms. The molecule has 0 spiro atoms. The van der Waals surface area contributed by atoms with Crippen molar-refractivity contribution in [3.05, 3.63) is 0 Å². The van der Waals surface area contributed by atoms with Gasteiger partial charge < -0.3 is 4.74 Å². The Morgan fingerprint density at radius 3 is 1.16 bits per heavy atom. The average Bonchev–Trinajstić information content (AvgIpc) is 2.80. The molecule has 0 saturated carbocycles. The van der Waals surface area contributed by atoms with E-state index in [2.05, 4.69) is 20.8 Å². The molecule has 1 atom stereocenters. The summed E-state index contributed by atoms with van der Waals surface area (Å²) in [5.74, 6) is 0.248. The maximum absolute atomic E-state index is 12.7. The topological polar surface area (TPSA) is 26.3 Å². The first kappa shape index (κ1) is 31.5. The Kier molecular flexibility index (Phi) is 26.3. The van der Waals surface area contributed by atoms with Gasteiger partial charge in [0.2, 0.25) is 0 Å². The summed E-state index contributed by atoms with van der Waals surface area (Å²) in [5, 5.41) is 0. The molecule has 0 aromatic carbocycles. The lowest BCUT2D eigenvalue weighted by molar-refractivity contribution is -0.149. The molecule has 0 heterocycles. The van der Waals surface area contributed by atoms with Crippen molar-refractivity contribution in [2.24, 2.45) is 5.92 Å². The van der Waals surface area contributed by atoms with Gasteiger partial charge in [-0.1, -0.05) is 156 Å². The second kappa shape index (κ2) is 26.7. The number of unbranched alkanes of at least 4 members (excludes halogenated alkanes) is 19. The molecular weight excluding hydrogens is 392 g/mol. The molecule has 0 N–H and O–H groups in total. The highest BCUT2D eigenvalue weighted by atomic mass is 16.5. The van der Waals surface area contributed by atoms with Crippen LogP contribution in [0.15, 0.2) is 0 Å². The van der Waals surface area contributed by atoms with Gasteiger partial charge >= 0.3 is 5.97 Å². The van der Waals surface area contributed by atoms with Crippen LogP contribution in [0.1, 0.15) is 175 Å². The van der Waals surface area contributed by atoms with E-state index >= 15 is 0 Å². The summed E-state index contributed by atoms with van der Waals surface area (Å²) in [6.07, 6.45) is 30.9. The molecule has 192 valence electrons. The molecule has 0 radical (unpaired) electrons. The monoisotopic (exact) mass is 452 g/mol. The highest BCUT2D eigenvalue weighted by Crippen LogP contribution is 2.21. The van der Waals surface area contributed by atoms with E-state index in [1.807, 2.05) is 0 Å². The summed E-state index contributed by atoms with van der Waals surface area (Å²) < 4.78 is 5.73. The zero-order chi connectivity index (χ0) is 23.5. The minimum Gasteiger partial charge on any atom is -0.465 e. The standard InChI is InChI=1S/C30H60O2/c1-4-7-10-13-15-16-17-19-22-25-28-32-30(31)29(26-23-20-12-9-6-3)27-24-21-18-14-11-8-5-2/h29H,4-28H2,1-3H3. The largest absolute Gasteiger partial charge is 0.465 e. The summed E-state index contributed by atoms with van der Waals surface area (Å²) in [7, 11) is 0. The zero-order valence-electron chi connectivity index (χ0n) is 22.6. The number of ether oxygens (including phenoxy) is 1. The minimum absolute atomic E-state index is 0.0994. The smallest absolute Gasteiger partial charge is 0.308 e. The summed E-state index contributed by atoms with van der Waals surface area (Å²) in [5.41, 5.74) is 0. The molecule has 0 saturated heterocycles. The molecule has 2 heteroatoms. The van der Waals surface area contributed by atoms with E-state index in [-0.39, 0.29) is 11.9 Å². The Bertz CT molecular complexity index is 366. The molecule has 0 aliphatic heterocycles. The molecule has 0 rings (SSSR count). The highest BCUT2D eigenvalue weighted by molar-refractivity contribution is 5.72. The van der Waals surface area contributed by atoms with E-state index in [1.165, 1.54) is 135 Å². The van der Waals surface area contributed by atoms with Gasteiger partial charge in [-0.15, -0.1) is 0 Å². The van der Waals surface area contributed by atoms with Crippen LogP contribution in [-0.2, 0) is 9.53 Å². The summed E-state index contributed by atoms with van der Waals surface area (Å²) >= 11 is 0. The third-order valence-electron chi connectivity index (χ3n) is 6.89. The van der Waals surface area contributed by atoms with E-state index < -0.39 is 0 Å². The van der Waals surface area contributed by atoms with Gasteiger partial charge in [-0.25, -0.2) is 0 Å². The van der Waals surface area contributed by atoms with Gasteiger partial charge in [-0.2, -0.15) is 0 Å². The fourth-order valence-corrected chi connectivity index (χ4v) is 4.60. The van der Waals surface area contributed by atoms with Crippen molar-refractivity contribution in [1.29, 1.82) is 0 Å². The molecule has 0 aromatic heterocycles. The predicted molar refractivity (Wildman–Crippen MR) is 142 cm³/mol. The van der Waals surface area contributed by atoms with Crippen molar-refractivity contribution in [1.82, 2.24) is 0 Å². The van der Waals surface area contributed by atoms with Crippen LogP contribution in [0.2, 0.25) is 0 Å². The van der Waals surface area contributed by atoms with Crippen molar-refractivity contribution < 1.29 is 9.53 Å². The SMILES string of the molecule is CCCCCCCCCCCCOC(=O)C(CCCCCCC)CCCCCCCCC. The molecule has 1 unspecified atom stereocenters. The Morgan fingerprint density at radius 2 is 0.781 bits per heavy atom. The van der Waals surface area contributed by atoms with Crippen molar-refractivity contribution in [3.8, 4) is 0 Å². The van der Waals surface area contributed by atoms with E-state index in [9.17, 15) is 4.79 Å². The second-order valence-electron chi connectivity index (χ2n) is 10.2. The number of carbonyl (C=O) groups excluding carboxylic acids is 1. The average molecular weight is 453 g/mol. The van der Waals surface area contributed by atoms with Gasteiger partial charge in [0.05, 0.1) is 12.5 Å². The number of carbonyl (C=O) groups is 1. The van der Waals surface area contributed by atoms with Crippen LogP contribution in [0.5, 0.6) is 0 Å². The van der Waals surface area contributed by atoms with Crippen LogP contribution in [0.25, 0.3) is 0 Å². The van der Waals surface area contributed by atoms with E-state index in [1.54, 1.807) is 0 Å². The van der Waals surface area contributed by atoms with Gasteiger partial charge in [-0.05, 0) is 19.3 Å². The van der Waals surface area contributed by atoms with E-state index in [4.69, 9.17) is 4.74 Å². The lowest BCUT2D eigenvalue weighted by atomic mass is 9.94. The molecule has 0 amide bonds. The lowest BCUT2D eigenvalue weighted by Crippen LogP contribution is -2.18. The quantitative estimate of drug-likeness (QED) is 0.0963. The summed E-state index contributed by atoms with van der Waals surface area (Å²) in [4.78, 5) is 12.7. The third kappa shape index (κ3) is 22.7. The molecular formula is C30H60O2. The highest BCUT2D eigenvalue weighted by Gasteiger charge is 2.19. The van der Waals surface area contributed by atoms with E-state index in [0.717, 1.165) is 19.3 Å². The zero-order valence-corrected chi connectivity index (χ0v) is 22.6. The molecule has 0 fully saturated rings. The maximum atomic E-state index is 12.7. The summed E-state index contributed by atoms with van der Waals surface area (Å²) in [6, 6.07) is 0. The molecule has 0 aliphatic rings. The van der Waals surface area contributed by atoms with Crippen molar-refractivity contribution >= 4 is 5.97 Å². The van der Waals surface area contributed by atoms with Crippen LogP contribution in [0.4, 0.5) is 0 Å². The Morgan fingerprint density at radius 1 is 0.469 bits per heavy atom. The van der Waals surface area contributed by atoms with Crippen molar-refractivity contribution in [2.45, 2.75) is 175 Å². The van der Waals surface area contributed by atoms with Crippen LogP contribution in [-0.4, -0.2) is 12.6 Å². The van der Waals surface area contributed by atoms with Gasteiger partial charge in [0.25, 0.3) is 0 Å². The number of hydrogen-bond acceptors (Lipinski definition) is 2. The first-order valence-corrected chi connectivity index (χ1v) is 14.9. The third-order valence-corrected chi connectivity index (χ3v) is 6.89. The number of hydrogen-bond donors (Lipinski definition) is 0. The van der Waals surface area contributed by atoms with E-state index in [0.29, 0.717) is 6.61 Å². The maximum Gasteiger partial charge on any atom is 0.308 e. The molecule has 0 aromatic rings. The first-order valence-electron chi connectivity index (χ1n) is 14.9. The van der Waals surface area contributed by atoms with Crippen LogP contribution < -0.4 is 0 Å². The summed E-state index contributed by atoms with van der Waals surface area (Å²) in [6.45, 7) is 7.44. The Labute approximate surface area is 203 Å². The van der Waals surface area contributed by atoms with Gasteiger partial charge in [0.15, 0.2) is 0 Å². The Hall–Kier alpha value is -0.530. The van der Waals surface area contributed by atoms with Gasteiger partial charge in [0, 0.05) is 0 Å². The first-order chi connectivity index (χ1) is 15.8. The molecule has 0 aliphatic carbocycles. The van der Waals surface area contributed by atoms with Crippen molar-refractivity contribution in [3.63, 3.8) is 0 Å². The molecule has 0 bridgehead atoms. The number of rotatable bonds is 26. The fraction of sp³-hybridized carbons (Fsp3) is 0.967. The van der Waals surface area contributed by atoms with Gasteiger partial charge in [0.1, 0.15) is 0 Å². The minimum atomic E-state index is 0.0994. The fourth-order valence-electron chi connectivity index (χ4n) is 4.60. The Balaban J connectivity index is 3.91. The van der Waals surface area contributed by atoms with Crippen molar-refractivity contribution in [2.75, 3.05) is 6.61 Å². The molecule has 2 nitrogen and oxygen atoms in total. The number of esters is 1. The van der Waals surface area contributed by atoms with Crippen LogP contribution in [0, 0.1) is 5.92 Å². The predicted octanol–water partition coefficient (Wildman–Crippen LogP) is 10.6. The van der Waals surface area contributed by atoms with Crippen LogP contribution in [0.3, 0.4) is 0 Å². The van der Waals surface area contributed by atoms with Gasteiger partial charge in [-0.3, -0.25) is 4.79 Å². The lowest BCUT2D eigenvalue weighted by Gasteiger charge is -2.16. The van der Waals surface area contributed by atoms with Crippen LogP contribution >= 0.6 is 0 Å².